The van der Waals surface area contributed by atoms with E-state index >= 15 is 0 Å². The minimum Gasteiger partial charge on any atom is -0.315 e. The highest BCUT2D eigenvalue weighted by atomic mass is 32.2. The van der Waals surface area contributed by atoms with Crippen LogP contribution in [0.4, 0.5) is 0 Å². The summed E-state index contributed by atoms with van der Waals surface area (Å²) in [4.78, 5) is 18.3. The van der Waals surface area contributed by atoms with Gasteiger partial charge in [0.2, 0.25) is 0 Å². The fourth-order valence-electron chi connectivity index (χ4n) is 3.74. The van der Waals surface area contributed by atoms with Gasteiger partial charge >= 0.3 is 0 Å². The first-order valence-corrected chi connectivity index (χ1v) is 12.6. The highest BCUT2D eigenvalue weighted by molar-refractivity contribution is 7.98. The summed E-state index contributed by atoms with van der Waals surface area (Å²) in [7, 11) is 0. The normalized spacial score (nSPS) is 11.9. The smallest absolute Gasteiger partial charge is 0.279 e. The fraction of sp³-hybridized carbons (Fsp3) is 0.231. The highest BCUT2D eigenvalue weighted by Crippen LogP contribution is 2.24. The fourth-order valence-corrected chi connectivity index (χ4v) is 5.21. The van der Waals surface area contributed by atoms with Gasteiger partial charge in [0.1, 0.15) is 0 Å². The van der Waals surface area contributed by atoms with Gasteiger partial charge in [-0.15, -0.1) is 0 Å². The van der Waals surface area contributed by atoms with Crippen LogP contribution in [0, 0.1) is 13.8 Å². The predicted octanol–water partition coefficient (Wildman–Crippen LogP) is 6.01. The third kappa shape index (κ3) is 5.00. The van der Waals surface area contributed by atoms with Gasteiger partial charge in [0, 0.05) is 17.9 Å². The monoisotopic (exact) mass is 446 g/mol. The zero-order chi connectivity index (χ0) is 21.8. The van der Waals surface area contributed by atoms with E-state index < -0.39 is 0 Å². The second-order valence-electron chi connectivity index (χ2n) is 7.74. The first kappa shape index (κ1) is 21.6. The molecule has 0 atom stereocenters. The molecule has 0 N–H and O–H groups in total. The molecule has 0 aliphatic carbocycles. The van der Waals surface area contributed by atoms with Crippen molar-refractivity contribution in [3.05, 3.63) is 99.3 Å². The molecule has 0 aliphatic heterocycles. The van der Waals surface area contributed by atoms with Crippen LogP contribution >= 0.6 is 23.1 Å². The number of aromatic nitrogens is 1. The first-order valence-electron chi connectivity index (χ1n) is 10.4. The number of hydrogen-bond acceptors (Lipinski definition) is 3. The molecule has 0 unspecified atom stereocenters. The van der Waals surface area contributed by atoms with Crippen molar-refractivity contribution in [3.8, 4) is 0 Å². The van der Waals surface area contributed by atoms with Gasteiger partial charge in [-0.25, -0.2) is 0 Å². The molecule has 3 aromatic carbocycles. The molecule has 0 aliphatic rings. The van der Waals surface area contributed by atoms with E-state index in [0.29, 0.717) is 5.56 Å². The van der Waals surface area contributed by atoms with Gasteiger partial charge in [-0.05, 0) is 67.0 Å². The molecule has 0 spiro atoms. The van der Waals surface area contributed by atoms with Crippen molar-refractivity contribution >= 4 is 39.2 Å². The largest absolute Gasteiger partial charge is 0.315 e. The van der Waals surface area contributed by atoms with Gasteiger partial charge < -0.3 is 4.57 Å². The van der Waals surface area contributed by atoms with E-state index in [-0.39, 0.29) is 5.91 Å². The summed E-state index contributed by atoms with van der Waals surface area (Å²) in [5, 5.41) is 0. The molecule has 158 valence electrons. The number of thiazole rings is 1. The van der Waals surface area contributed by atoms with Gasteiger partial charge in [0.15, 0.2) is 4.80 Å². The quantitative estimate of drug-likeness (QED) is 0.363. The number of nitrogens with zero attached hydrogens (tertiary/aromatic N) is 2. The Morgan fingerprint density at radius 3 is 2.42 bits per heavy atom. The molecular weight excluding hydrogens is 420 g/mol. The predicted molar refractivity (Wildman–Crippen MR) is 133 cm³/mol. The molecule has 31 heavy (non-hydrogen) atoms. The summed E-state index contributed by atoms with van der Waals surface area (Å²) < 4.78 is 3.40. The van der Waals surface area contributed by atoms with Crippen LogP contribution in [0.2, 0.25) is 0 Å². The molecular formula is C26H26N2OS2. The molecule has 0 bridgehead atoms. The number of amides is 1. The molecule has 5 heteroatoms. The zero-order valence-electron chi connectivity index (χ0n) is 18.1. The Morgan fingerprint density at radius 2 is 1.71 bits per heavy atom. The summed E-state index contributed by atoms with van der Waals surface area (Å²) in [5.41, 5.74) is 6.70. The zero-order valence-corrected chi connectivity index (χ0v) is 19.7. The van der Waals surface area contributed by atoms with Crippen molar-refractivity contribution in [1.82, 2.24) is 4.57 Å². The maximum atomic E-state index is 13.0. The molecule has 1 heterocycles. The van der Waals surface area contributed by atoms with Crippen molar-refractivity contribution < 1.29 is 4.79 Å². The Morgan fingerprint density at radius 1 is 1.00 bits per heavy atom. The Kier molecular flexibility index (Phi) is 6.73. The SMILES string of the molecule is CSCCn1c(=NC(=O)c2ccc(Cc3ccccc3)cc2)sc2c(C)cc(C)cc21. The molecule has 0 saturated heterocycles. The summed E-state index contributed by atoms with van der Waals surface area (Å²) in [6.45, 7) is 5.08. The topological polar surface area (TPSA) is 34.4 Å². The maximum absolute atomic E-state index is 13.0. The molecule has 4 aromatic rings. The van der Waals surface area contributed by atoms with Crippen LogP contribution in [0.5, 0.6) is 0 Å². The minimum absolute atomic E-state index is 0.190. The van der Waals surface area contributed by atoms with Crippen LogP contribution in [-0.2, 0) is 13.0 Å². The van der Waals surface area contributed by atoms with Gasteiger partial charge in [0.25, 0.3) is 5.91 Å². The van der Waals surface area contributed by atoms with Gasteiger partial charge in [0.05, 0.1) is 10.2 Å². The lowest BCUT2D eigenvalue weighted by Gasteiger charge is -2.06. The van der Waals surface area contributed by atoms with E-state index in [9.17, 15) is 4.79 Å². The van der Waals surface area contributed by atoms with Crippen LogP contribution in [0.1, 0.15) is 32.6 Å². The number of carbonyl (C=O) groups is 1. The van der Waals surface area contributed by atoms with Gasteiger partial charge in [-0.3, -0.25) is 4.79 Å². The van der Waals surface area contributed by atoms with Crippen molar-refractivity contribution in [2.45, 2.75) is 26.8 Å². The van der Waals surface area contributed by atoms with Crippen LogP contribution in [0.25, 0.3) is 10.2 Å². The highest BCUT2D eigenvalue weighted by Gasteiger charge is 2.11. The number of fused-ring (bicyclic) bond motifs is 1. The lowest BCUT2D eigenvalue weighted by molar-refractivity contribution is 0.0998. The molecule has 3 nitrogen and oxygen atoms in total. The number of thioether (sulfide) groups is 1. The Labute approximate surface area is 191 Å². The lowest BCUT2D eigenvalue weighted by atomic mass is 10.0. The minimum atomic E-state index is -0.190. The van der Waals surface area contributed by atoms with Crippen molar-refractivity contribution in [1.29, 1.82) is 0 Å². The number of carbonyl (C=O) groups excluding carboxylic acids is 1. The second kappa shape index (κ2) is 9.67. The molecule has 1 aromatic heterocycles. The van der Waals surface area contributed by atoms with Crippen molar-refractivity contribution in [3.63, 3.8) is 0 Å². The van der Waals surface area contributed by atoms with E-state index in [1.807, 2.05) is 42.5 Å². The molecule has 4 rings (SSSR count). The van der Waals surface area contributed by atoms with E-state index in [1.54, 1.807) is 23.1 Å². The standard InChI is InChI=1S/C26H26N2OS2/c1-18-15-19(2)24-23(16-18)28(13-14-30-3)26(31-24)27-25(29)22-11-9-21(10-12-22)17-20-7-5-4-6-8-20/h4-12,15-16H,13-14,17H2,1-3H3. The van der Waals surface area contributed by atoms with Crippen molar-refractivity contribution in [2.24, 2.45) is 4.99 Å². The van der Waals surface area contributed by atoms with E-state index in [4.69, 9.17) is 0 Å². The van der Waals surface area contributed by atoms with E-state index in [2.05, 4.69) is 53.9 Å². The molecule has 0 fully saturated rings. The average molecular weight is 447 g/mol. The number of rotatable bonds is 6. The second-order valence-corrected chi connectivity index (χ2v) is 9.70. The van der Waals surface area contributed by atoms with Crippen LogP contribution in [0.15, 0.2) is 71.7 Å². The van der Waals surface area contributed by atoms with Crippen LogP contribution in [0.3, 0.4) is 0 Å². The first-order chi connectivity index (χ1) is 15.0. The number of hydrogen-bond donors (Lipinski definition) is 0. The summed E-state index contributed by atoms with van der Waals surface area (Å²) >= 11 is 3.40. The Hall–Kier alpha value is -2.63. The Balaban J connectivity index is 1.66. The third-order valence-electron chi connectivity index (χ3n) is 5.28. The summed E-state index contributed by atoms with van der Waals surface area (Å²) in [6, 6.07) is 22.6. The van der Waals surface area contributed by atoms with E-state index in [0.717, 1.165) is 23.5 Å². The Bertz CT molecular complexity index is 1270. The van der Waals surface area contributed by atoms with Gasteiger partial charge in [-0.1, -0.05) is 59.9 Å². The molecule has 0 radical (unpaired) electrons. The van der Waals surface area contributed by atoms with E-state index in [1.165, 1.54) is 32.5 Å². The van der Waals surface area contributed by atoms with Crippen LogP contribution in [-0.4, -0.2) is 22.5 Å². The molecule has 1 amide bonds. The summed E-state index contributed by atoms with van der Waals surface area (Å²) in [5.74, 6) is 0.791. The number of aryl methyl sites for hydroxylation is 3. The third-order valence-corrected chi connectivity index (χ3v) is 7.10. The summed E-state index contributed by atoms with van der Waals surface area (Å²) in [6.07, 6.45) is 2.96. The van der Waals surface area contributed by atoms with Crippen molar-refractivity contribution in [2.75, 3.05) is 12.0 Å². The maximum Gasteiger partial charge on any atom is 0.279 e. The van der Waals surface area contributed by atoms with Gasteiger partial charge in [-0.2, -0.15) is 16.8 Å². The number of benzene rings is 3. The van der Waals surface area contributed by atoms with Crippen LogP contribution < -0.4 is 4.80 Å². The average Bonchev–Trinajstić information content (AvgIpc) is 3.10. The molecule has 0 saturated carbocycles. The lowest BCUT2D eigenvalue weighted by Crippen LogP contribution is -2.18.